The molecule has 0 spiro atoms. The summed E-state index contributed by atoms with van der Waals surface area (Å²) in [6.07, 6.45) is 12.7. The van der Waals surface area contributed by atoms with Crippen LogP contribution in [0.2, 0.25) is 0 Å². The van der Waals surface area contributed by atoms with E-state index >= 15 is 0 Å². The van der Waals surface area contributed by atoms with E-state index in [1.807, 2.05) is 11.8 Å². The van der Waals surface area contributed by atoms with E-state index in [1.165, 1.54) is 31.4 Å². The van der Waals surface area contributed by atoms with Gasteiger partial charge in [-0.2, -0.15) is 11.8 Å². The molecule has 0 N–H and O–H groups in total. The molecule has 24 heavy (non-hydrogen) atoms. The first-order chi connectivity index (χ1) is 10.8. The maximum Gasteiger partial charge on any atom is 0.0558 e. The van der Waals surface area contributed by atoms with Crippen LogP contribution in [0.1, 0.15) is 60.3 Å². The van der Waals surface area contributed by atoms with Crippen molar-refractivity contribution < 1.29 is 4.52 Å². The van der Waals surface area contributed by atoms with Crippen molar-refractivity contribution in [2.24, 2.45) is 10.8 Å². The van der Waals surface area contributed by atoms with E-state index in [9.17, 15) is 0 Å². The molecule has 0 rings (SSSR count). The van der Waals surface area contributed by atoms with E-state index in [-0.39, 0.29) is 5.41 Å². The lowest BCUT2D eigenvalue weighted by molar-refractivity contribution is 0.135. The Morgan fingerprint density at radius 3 is 2.21 bits per heavy atom. The first-order valence-corrected chi connectivity index (χ1v) is 13.3. The molecule has 0 amide bonds. The van der Waals surface area contributed by atoms with Crippen molar-refractivity contribution in [1.82, 2.24) is 4.90 Å². The number of nitrogens with zero attached hydrogens (tertiary/aromatic N) is 1. The van der Waals surface area contributed by atoms with Gasteiger partial charge in [-0.25, -0.2) is 0 Å². The molecule has 2 nitrogen and oxygen atoms in total. The van der Waals surface area contributed by atoms with Crippen molar-refractivity contribution in [3.8, 4) is 0 Å². The lowest BCUT2D eigenvalue weighted by atomic mass is 9.77. The molecule has 0 bridgehead atoms. The molecule has 0 fully saturated rings. The Hall–Kier alpha value is 0.570. The highest BCUT2D eigenvalue weighted by molar-refractivity contribution is 7.98. The zero-order chi connectivity index (χ0) is 19.0. The fourth-order valence-corrected chi connectivity index (χ4v) is 6.20. The van der Waals surface area contributed by atoms with Gasteiger partial charge in [-0.3, -0.25) is 0 Å². The molecule has 0 aliphatic heterocycles. The largest absolute Gasteiger partial charge is 0.362 e. The maximum atomic E-state index is 6.37. The van der Waals surface area contributed by atoms with Crippen LogP contribution in [0.15, 0.2) is 0 Å². The summed E-state index contributed by atoms with van der Waals surface area (Å²) < 4.78 is 6.37. The van der Waals surface area contributed by atoms with Gasteiger partial charge >= 0.3 is 0 Å². The Labute approximate surface area is 157 Å². The lowest BCUT2D eigenvalue weighted by Gasteiger charge is -2.36. The minimum Gasteiger partial charge on any atom is -0.362 e. The Kier molecular flexibility index (Phi) is 10.9. The third-order valence-electron chi connectivity index (χ3n) is 4.63. The van der Waals surface area contributed by atoms with E-state index in [4.69, 9.17) is 4.52 Å². The van der Waals surface area contributed by atoms with Gasteiger partial charge in [0.15, 0.2) is 0 Å². The molecule has 0 aromatic rings. The second-order valence-corrected chi connectivity index (χ2v) is 13.6. The number of rotatable bonds is 13. The zero-order valence-electron chi connectivity index (χ0n) is 17.9. The molecule has 0 heterocycles. The van der Waals surface area contributed by atoms with Crippen LogP contribution in [0, 0.1) is 10.8 Å². The van der Waals surface area contributed by atoms with Crippen LogP contribution >= 0.6 is 18.9 Å². The summed E-state index contributed by atoms with van der Waals surface area (Å²) in [7, 11) is 2.87. The van der Waals surface area contributed by atoms with Crippen molar-refractivity contribution in [3.63, 3.8) is 0 Å². The molecule has 0 aliphatic carbocycles. The molecular weight excluding hydrogens is 333 g/mol. The van der Waals surface area contributed by atoms with E-state index in [2.05, 4.69) is 72.8 Å². The van der Waals surface area contributed by atoms with E-state index < -0.39 is 7.11 Å². The fourth-order valence-electron chi connectivity index (χ4n) is 3.67. The molecule has 146 valence electrons. The quantitative estimate of drug-likeness (QED) is 0.369. The van der Waals surface area contributed by atoms with Gasteiger partial charge < -0.3 is 9.42 Å². The third-order valence-corrected chi connectivity index (χ3v) is 7.71. The smallest absolute Gasteiger partial charge is 0.0558 e. The summed E-state index contributed by atoms with van der Waals surface area (Å²) in [6.45, 7) is 14.8. The molecule has 0 radical (unpaired) electrons. The van der Waals surface area contributed by atoms with Gasteiger partial charge in [-0.05, 0) is 82.6 Å². The Bertz CT molecular complexity index is 393. The van der Waals surface area contributed by atoms with Crippen LogP contribution < -0.4 is 0 Å². The first-order valence-electron chi connectivity index (χ1n) is 9.34. The van der Waals surface area contributed by atoms with Gasteiger partial charge in [-0.15, -0.1) is 0 Å². The molecule has 0 saturated carbocycles. The minimum absolute atomic E-state index is 0.216. The van der Waals surface area contributed by atoms with Crippen molar-refractivity contribution in [1.29, 1.82) is 0 Å². The molecule has 2 atom stereocenters. The first kappa shape index (κ1) is 24.6. The second kappa shape index (κ2) is 10.7. The average Bonchev–Trinajstić information content (AvgIpc) is 2.40. The maximum absolute atomic E-state index is 6.37. The summed E-state index contributed by atoms with van der Waals surface area (Å²) in [5.74, 6) is 1.20. The van der Waals surface area contributed by atoms with Crippen molar-refractivity contribution in [2.75, 3.05) is 45.5 Å². The van der Waals surface area contributed by atoms with Crippen LogP contribution in [-0.2, 0) is 4.52 Å². The highest BCUT2D eigenvalue weighted by atomic mass is 32.2. The standard InChI is InChI=1S/C20H44NOPS/c1-11-18(21(6)7)13-12-14-23(8,9)22-16-19(2,3)15-20(4,5)17-24-10/h18H,8,11-17H2,1-7,9-10H3. The number of hydrogen-bond acceptors (Lipinski definition) is 3. The average molecular weight is 378 g/mol. The van der Waals surface area contributed by atoms with E-state index in [0.29, 0.717) is 11.5 Å². The summed E-state index contributed by atoms with van der Waals surface area (Å²) in [6, 6.07) is 0.689. The molecular formula is C20H44NOPS. The Morgan fingerprint density at radius 1 is 1.17 bits per heavy atom. The minimum atomic E-state index is -1.49. The van der Waals surface area contributed by atoms with Crippen LogP contribution in [0.3, 0.4) is 0 Å². The fraction of sp³-hybridized carbons (Fsp3) is 0.950. The van der Waals surface area contributed by atoms with Gasteiger partial charge in [0.25, 0.3) is 0 Å². The zero-order valence-corrected chi connectivity index (χ0v) is 19.7. The molecule has 0 aromatic heterocycles. The third kappa shape index (κ3) is 11.2. The Morgan fingerprint density at radius 2 is 1.75 bits per heavy atom. The number of hydrogen-bond donors (Lipinski definition) is 0. The van der Waals surface area contributed by atoms with Crippen LogP contribution in [0.4, 0.5) is 0 Å². The molecule has 2 unspecified atom stereocenters. The van der Waals surface area contributed by atoms with E-state index in [1.54, 1.807) is 0 Å². The van der Waals surface area contributed by atoms with Crippen molar-refractivity contribution >= 4 is 25.2 Å². The Balaban J connectivity index is 4.37. The summed E-state index contributed by atoms with van der Waals surface area (Å²) in [5.41, 5.74) is 0.579. The normalized spacial score (nSPS) is 17.1. The van der Waals surface area contributed by atoms with Crippen molar-refractivity contribution in [2.45, 2.75) is 66.3 Å². The van der Waals surface area contributed by atoms with Crippen molar-refractivity contribution in [3.05, 3.63) is 0 Å². The molecule has 4 heteroatoms. The highest BCUT2D eigenvalue weighted by Gasteiger charge is 2.29. The van der Waals surface area contributed by atoms with Crippen LogP contribution in [0.5, 0.6) is 0 Å². The summed E-state index contributed by atoms with van der Waals surface area (Å²) in [4.78, 5) is 2.34. The SMILES string of the molecule is C=P(C)(CCCC(CC)N(C)C)OCC(C)(C)CC(C)(C)CSC. The highest BCUT2D eigenvalue weighted by Crippen LogP contribution is 2.46. The van der Waals surface area contributed by atoms with Gasteiger partial charge in [-0.1, -0.05) is 40.9 Å². The predicted octanol–water partition coefficient (Wildman–Crippen LogP) is 5.92. The van der Waals surface area contributed by atoms with Crippen LogP contribution in [0.25, 0.3) is 0 Å². The lowest BCUT2D eigenvalue weighted by Crippen LogP contribution is -2.29. The molecule has 0 saturated heterocycles. The number of thioether (sulfide) groups is 1. The van der Waals surface area contributed by atoms with Gasteiger partial charge in [0, 0.05) is 6.04 Å². The summed E-state index contributed by atoms with van der Waals surface area (Å²) >= 11 is 1.94. The second-order valence-electron chi connectivity index (χ2n) is 9.40. The van der Waals surface area contributed by atoms with Crippen LogP contribution in [-0.4, -0.2) is 62.8 Å². The molecule has 0 aliphatic rings. The monoisotopic (exact) mass is 377 g/mol. The predicted molar refractivity (Wildman–Crippen MR) is 118 cm³/mol. The topological polar surface area (TPSA) is 12.5 Å². The van der Waals surface area contributed by atoms with Gasteiger partial charge in [0.05, 0.1) is 6.61 Å². The molecule has 0 aromatic carbocycles. The van der Waals surface area contributed by atoms with E-state index in [0.717, 1.165) is 12.8 Å². The van der Waals surface area contributed by atoms with Gasteiger partial charge in [0.2, 0.25) is 0 Å². The summed E-state index contributed by atoms with van der Waals surface area (Å²) in [5, 5.41) is 0. The van der Waals surface area contributed by atoms with Gasteiger partial charge in [0.1, 0.15) is 0 Å².